The molecule has 0 bridgehead atoms. The lowest BCUT2D eigenvalue weighted by molar-refractivity contribution is -0.384. The number of hydrogen-bond donors (Lipinski definition) is 0. The highest BCUT2D eigenvalue weighted by Crippen LogP contribution is 2.21. The van der Waals surface area contributed by atoms with Crippen LogP contribution in [-0.4, -0.2) is 28.0 Å². The summed E-state index contributed by atoms with van der Waals surface area (Å²) in [7, 11) is 0. The third-order valence-corrected chi connectivity index (χ3v) is 5.24. The number of ether oxygens (including phenoxy) is 1. The Kier molecular flexibility index (Phi) is 6.53. The Bertz CT molecular complexity index is 1220. The van der Waals surface area contributed by atoms with Crippen LogP contribution in [0.2, 0.25) is 0 Å². The summed E-state index contributed by atoms with van der Waals surface area (Å²) in [5.74, 6) is -0.954. The van der Waals surface area contributed by atoms with Gasteiger partial charge in [0.2, 0.25) is 0 Å². The molecule has 2 aromatic carbocycles. The second kappa shape index (κ2) is 9.27. The number of carbonyl (C=O) groups is 2. The summed E-state index contributed by atoms with van der Waals surface area (Å²) in [6.45, 7) is 3.86. The SMILES string of the molecule is CCOC(=O)Cn1c(=NC(=O)/C=C/c2cccc([N+](=O)[O-])c2)sc2cccc(C)c21. The number of thiazole rings is 1. The van der Waals surface area contributed by atoms with Gasteiger partial charge in [-0.1, -0.05) is 35.6 Å². The van der Waals surface area contributed by atoms with Crippen molar-refractivity contribution >= 4 is 45.2 Å². The summed E-state index contributed by atoms with van der Waals surface area (Å²) in [5.41, 5.74) is 2.23. The number of rotatable bonds is 6. The number of para-hydroxylation sites is 1. The average molecular weight is 425 g/mol. The number of esters is 1. The molecule has 9 heteroatoms. The van der Waals surface area contributed by atoms with Gasteiger partial charge in [-0.25, -0.2) is 0 Å². The van der Waals surface area contributed by atoms with E-state index in [0.29, 0.717) is 10.4 Å². The van der Waals surface area contributed by atoms with Gasteiger partial charge in [0.05, 0.1) is 21.7 Å². The van der Waals surface area contributed by atoms with Crippen molar-refractivity contribution in [3.8, 4) is 0 Å². The third kappa shape index (κ3) is 4.87. The Morgan fingerprint density at radius 3 is 2.77 bits per heavy atom. The molecule has 0 fully saturated rings. The number of nitro groups is 1. The standard InChI is InChI=1S/C21H19N3O5S/c1-3-29-19(26)13-23-20-14(2)6-4-9-17(20)30-21(23)22-18(25)11-10-15-7-5-8-16(12-15)24(27)28/h4-12H,3,13H2,1-2H3/b11-10+,22-21?. The number of fused-ring (bicyclic) bond motifs is 1. The van der Waals surface area contributed by atoms with Crippen LogP contribution in [0.5, 0.6) is 0 Å². The highest BCUT2D eigenvalue weighted by Gasteiger charge is 2.13. The first-order valence-corrected chi connectivity index (χ1v) is 9.96. The van der Waals surface area contributed by atoms with Gasteiger partial charge in [0.25, 0.3) is 11.6 Å². The second-order valence-corrected chi connectivity index (χ2v) is 7.34. The molecule has 3 rings (SSSR count). The topological polar surface area (TPSA) is 104 Å². The highest BCUT2D eigenvalue weighted by molar-refractivity contribution is 7.16. The van der Waals surface area contributed by atoms with Gasteiger partial charge in [0.1, 0.15) is 6.54 Å². The van der Waals surface area contributed by atoms with Gasteiger partial charge in [-0.05, 0) is 37.1 Å². The lowest BCUT2D eigenvalue weighted by Gasteiger charge is -2.06. The Hall–Kier alpha value is -3.59. The molecule has 0 aliphatic rings. The molecule has 0 aliphatic carbocycles. The van der Waals surface area contributed by atoms with Crippen molar-refractivity contribution in [1.29, 1.82) is 0 Å². The molecule has 0 atom stereocenters. The van der Waals surface area contributed by atoms with Crippen LogP contribution < -0.4 is 4.80 Å². The monoisotopic (exact) mass is 425 g/mol. The van der Waals surface area contributed by atoms with Crippen molar-refractivity contribution < 1.29 is 19.2 Å². The third-order valence-electron chi connectivity index (χ3n) is 4.20. The van der Waals surface area contributed by atoms with Crippen LogP contribution in [0.25, 0.3) is 16.3 Å². The van der Waals surface area contributed by atoms with Gasteiger partial charge in [-0.3, -0.25) is 19.7 Å². The van der Waals surface area contributed by atoms with E-state index in [-0.39, 0.29) is 18.8 Å². The minimum absolute atomic E-state index is 0.0561. The zero-order chi connectivity index (χ0) is 21.7. The van der Waals surface area contributed by atoms with E-state index in [1.165, 1.54) is 35.6 Å². The summed E-state index contributed by atoms with van der Waals surface area (Å²) < 4.78 is 7.62. The van der Waals surface area contributed by atoms with Crippen LogP contribution in [0.3, 0.4) is 0 Å². The molecule has 1 amide bonds. The number of non-ortho nitro benzene ring substituents is 1. The van der Waals surface area contributed by atoms with E-state index in [4.69, 9.17) is 4.74 Å². The van der Waals surface area contributed by atoms with Crippen molar-refractivity contribution in [2.45, 2.75) is 20.4 Å². The predicted molar refractivity (Wildman–Crippen MR) is 114 cm³/mol. The summed E-state index contributed by atoms with van der Waals surface area (Å²) in [5, 5.41) is 10.9. The molecular formula is C21H19N3O5S. The number of aromatic nitrogens is 1. The summed E-state index contributed by atoms with van der Waals surface area (Å²) >= 11 is 1.30. The molecular weight excluding hydrogens is 406 g/mol. The molecule has 0 saturated carbocycles. The minimum atomic E-state index is -0.539. The van der Waals surface area contributed by atoms with Crippen LogP contribution in [0.4, 0.5) is 5.69 Å². The second-order valence-electron chi connectivity index (χ2n) is 6.33. The molecule has 1 aromatic heterocycles. The van der Waals surface area contributed by atoms with E-state index in [1.54, 1.807) is 23.6 Å². The number of benzene rings is 2. The average Bonchev–Trinajstić information content (AvgIpc) is 3.05. The Labute approximate surface area is 175 Å². The van der Waals surface area contributed by atoms with Crippen LogP contribution in [0.1, 0.15) is 18.1 Å². The smallest absolute Gasteiger partial charge is 0.326 e. The van der Waals surface area contributed by atoms with Gasteiger partial charge in [-0.2, -0.15) is 4.99 Å². The lowest BCUT2D eigenvalue weighted by Crippen LogP contribution is -2.23. The van der Waals surface area contributed by atoms with Crippen molar-refractivity contribution in [2.75, 3.05) is 6.61 Å². The number of nitrogens with zero attached hydrogens (tertiary/aromatic N) is 3. The maximum Gasteiger partial charge on any atom is 0.326 e. The summed E-state index contributed by atoms with van der Waals surface area (Å²) in [6.07, 6.45) is 2.71. The highest BCUT2D eigenvalue weighted by atomic mass is 32.1. The maximum atomic E-state index is 12.4. The van der Waals surface area contributed by atoms with Gasteiger partial charge >= 0.3 is 5.97 Å². The van der Waals surface area contributed by atoms with Gasteiger partial charge in [-0.15, -0.1) is 0 Å². The van der Waals surface area contributed by atoms with Crippen molar-refractivity contribution in [2.24, 2.45) is 4.99 Å². The Balaban J connectivity index is 1.97. The molecule has 1 heterocycles. The zero-order valence-electron chi connectivity index (χ0n) is 16.4. The molecule has 3 aromatic rings. The van der Waals surface area contributed by atoms with E-state index in [1.807, 2.05) is 25.1 Å². The van der Waals surface area contributed by atoms with E-state index in [0.717, 1.165) is 15.8 Å². The van der Waals surface area contributed by atoms with Crippen molar-refractivity contribution in [1.82, 2.24) is 4.57 Å². The van der Waals surface area contributed by atoms with Crippen LogP contribution in [0.15, 0.2) is 53.5 Å². The molecule has 0 N–H and O–H groups in total. The summed E-state index contributed by atoms with van der Waals surface area (Å²) in [4.78, 5) is 39.4. The number of carbonyl (C=O) groups excluding carboxylic acids is 2. The first-order valence-electron chi connectivity index (χ1n) is 9.15. The zero-order valence-corrected chi connectivity index (χ0v) is 17.2. The predicted octanol–water partition coefficient (Wildman–Crippen LogP) is 3.62. The number of aryl methyl sites for hydroxylation is 1. The largest absolute Gasteiger partial charge is 0.465 e. The fourth-order valence-electron chi connectivity index (χ4n) is 2.92. The quantitative estimate of drug-likeness (QED) is 0.260. The van der Waals surface area contributed by atoms with Gasteiger partial charge in [0, 0.05) is 18.2 Å². The molecule has 0 unspecified atom stereocenters. The molecule has 0 radical (unpaired) electrons. The molecule has 154 valence electrons. The number of hydrogen-bond acceptors (Lipinski definition) is 6. The lowest BCUT2D eigenvalue weighted by atomic mass is 10.2. The van der Waals surface area contributed by atoms with Crippen LogP contribution in [0, 0.1) is 17.0 Å². The molecule has 8 nitrogen and oxygen atoms in total. The van der Waals surface area contributed by atoms with Crippen molar-refractivity contribution in [3.05, 3.63) is 74.6 Å². The van der Waals surface area contributed by atoms with Gasteiger partial charge < -0.3 is 9.30 Å². The van der Waals surface area contributed by atoms with Crippen molar-refractivity contribution in [3.63, 3.8) is 0 Å². The fraction of sp³-hybridized carbons (Fsp3) is 0.190. The van der Waals surface area contributed by atoms with E-state index < -0.39 is 16.8 Å². The normalized spacial score (nSPS) is 11.9. The maximum absolute atomic E-state index is 12.4. The first kappa shape index (κ1) is 21.1. The molecule has 0 aliphatic heterocycles. The fourth-order valence-corrected chi connectivity index (χ4v) is 4.03. The van der Waals surface area contributed by atoms with Crippen LogP contribution >= 0.6 is 11.3 Å². The van der Waals surface area contributed by atoms with E-state index in [9.17, 15) is 19.7 Å². The number of amides is 1. The van der Waals surface area contributed by atoms with E-state index >= 15 is 0 Å². The molecule has 30 heavy (non-hydrogen) atoms. The summed E-state index contributed by atoms with van der Waals surface area (Å²) in [6, 6.07) is 11.7. The minimum Gasteiger partial charge on any atom is -0.465 e. The Morgan fingerprint density at radius 2 is 2.03 bits per heavy atom. The first-order chi connectivity index (χ1) is 14.4. The van der Waals surface area contributed by atoms with Crippen LogP contribution in [-0.2, 0) is 20.9 Å². The van der Waals surface area contributed by atoms with E-state index in [2.05, 4.69) is 4.99 Å². The van der Waals surface area contributed by atoms with Gasteiger partial charge in [0.15, 0.2) is 4.80 Å². The molecule has 0 spiro atoms. The molecule has 0 saturated heterocycles. The number of nitro benzene ring substituents is 1. The Morgan fingerprint density at radius 1 is 1.27 bits per heavy atom.